The molecule has 0 aromatic carbocycles. The van der Waals surface area contributed by atoms with Crippen LogP contribution >= 0.6 is 0 Å². The lowest BCUT2D eigenvalue weighted by Gasteiger charge is -2.31. The molecule has 2 unspecified atom stereocenters. The van der Waals surface area contributed by atoms with Crippen LogP contribution in [-0.4, -0.2) is 5.78 Å². The topological polar surface area (TPSA) is 17.1 Å². The van der Waals surface area contributed by atoms with Crippen LogP contribution in [0.25, 0.3) is 0 Å². The van der Waals surface area contributed by atoms with Crippen LogP contribution in [0.5, 0.6) is 0 Å². The van der Waals surface area contributed by atoms with Crippen molar-refractivity contribution in [2.45, 2.75) is 53.4 Å². The van der Waals surface area contributed by atoms with E-state index in [-0.39, 0.29) is 0 Å². The molecule has 0 bridgehead atoms. The Hall–Kier alpha value is -0.330. The summed E-state index contributed by atoms with van der Waals surface area (Å²) < 4.78 is 0. The predicted octanol–water partition coefficient (Wildman–Crippen LogP) is 3.67. The van der Waals surface area contributed by atoms with Crippen LogP contribution < -0.4 is 0 Å². The van der Waals surface area contributed by atoms with Gasteiger partial charge < -0.3 is 0 Å². The molecule has 1 aliphatic carbocycles. The number of Topliss-reactive ketones (excluding diaryl/α,β-unsaturated/α-hetero) is 1. The normalized spacial score (nSPS) is 28.9. The molecule has 0 N–H and O–H groups in total. The van der Waals surface area contributed by atoms with E-state index in [1.165, 1.54) is 0 Å². The van der Waals surface area contributed by atoms with Gasteiger partial charge in [-0.25, -0.2) is 0 Å². The second kappa shape index (κ2) is 4.95. The van der Waals surface area contributed by atoms with E-state index < -0.39 is 0 Å². The van der Waals surface area contributed by atoms with Gasteiger partial charge in [-0.15, -0.1) is 0 Å². The summed E-state index contributed by atoms with van der Waals surface area (Å²) >= 11 is 0. The Kier molecular flexibility index (Phi) is 4.15. The highest BCUT2D eigenvalue weighted by Crippen LogP contribution is 2.34. The van der Waals surface area contributed by atoms with Crippen molar-refractivity contribution >= 4 is 5.78 Å². The van der Waals surface area contributed by atoms with Crippen LogP contribution in [0.3, 0.4) is 0 Å². The average Bonchev–Trinajstić information content (AvgIpc) is 2.07. The molecule has 0 aliphatic heterocycles. The minimum absolute atomic E-state index is 0.371. The maximum absolute atomic E-state index is 11.7. The summed E-state index contributed by atoms with van der Waals surface area (Å²) in [5.41, 5.74) is 0. The fourth-order valence-corrected chi connectivity index (χ4v) is 2.55. The van der Waals surface area contributed by atoms with E-state index in [0.717, 1.165) is 37.5 Å². The van der Waals surface area contributed by atoms with Gasteiger partial charge in [0.05, 0.1) is 0 Å². The fraction of sp³-hybridized carbons (Fsp3) is 0.923. The van der Waals surface area contributed by atoms with E-state index in [1.54, 1.807) is 0 Å². The van der Waals surface area contributed by atoms with Crippen molar-refractivity contribution in [3.05, 3.63) is 0 Å². The number of hydrogen-bond donors (Lipinski definition) is 0. The van der Waals surface area contributed by atoms with E-state index >= 15 is 0 Å². The van der Waals surface area contributed by atoms with Crippen LogP contribution in [0.15, 0.2) is 0 Å². The molecule has 82 valence electrons. The Balaban J connectivity index is 2.51. The lowest BCUT2D eigenvalue weighted by atomic mass is 9.73. The first-order chi connectivity index (χ1) is 6.50. The Bertz CT molecular complexity index is 193. The first-order valence-electron chi connectivity index (χ1n) is 6.03. The first-order valence-corrected chi connectivity index (χ1v) is 6.03. The Morgan fingerprint density at radius 2 is 1.93 bits per heavy atom. The van der Waals surface area contributed by atoms with Crippen LogP contribution in [-0.2, 0) is 4.79 Å². The third-order valence-electron chi connectivity index (χ3n) is 3.50. The largest absolute Gasteiger partial charge is 0.299 e. The number of hydrogen-bond acceptors (Lipinski definition) is 1. The lowest BCUT2D eigenvalue weighted by molar-refractivity contribution is -0.126. The SMILES string of the molecule is CC(C)CC1CC(C(C)C)CCC1=O. The van der Waals surface area contributed by atoms with E-state index in [2.05, 4.69) is 27.7 Å². The summed E-state index contributed by atoms with van der Waals surface area (Å²) in [5, 5.41) is 0. The summed E-state index contributed by atoms with van der Waals surface area (Å²) in [6, 6.07) is 0. The highest BCUT2D eigenvalue weighted by atomic mass is 16.1. The first kappa shape index (κ1) is 11.7. The van der Waals surface area contributed by atoms with Crippen LogP contribution in [0, 0.1) is 23.7 Å². The zero-order valence-electron chi connectivity index (χ0n) is 10.0. The molecule has 14 heavy (non-hydrogen) atoms. The molecule has 1 fully saturated rings. The van der Waals surface area contributed by atoms with Crippen LogP contribution in [0.2, 0.25) is 0 Å². The standard InChI is InChI=1S/C13H24O/c1-9(2)7-12-8-11(10(3)4)5-6-13(12)14/h9-12H,5-8H2,1-4H3. The minimum Gasteiger partial charge on any atom is -0.299 e. The van der Waals surface area contributed by atoms with Crippen molar-refractivity contribution in [2.24, 2.45) is 23.7 Å². The maximum Gasteiger partial charge on any atom is 0.136 e. The molecular weight excluding hydrogens is 172 g/mol. The zero-order chi connectivity index (χ0) is 10.7. The van der Waals surface area contributed by atoms with Gasteiger partial charge in [-0.1, -0.05) is 27.7 Å². The highest BCUT2D eigenvalue weighted by Gasteiger charge is 2.30. The minimum atomic E-state index is 0.371. The quantitative estimate of drug-likeness (QED) is 0.673. The van der Waals surface area contributed by atoms with Gasteiger partial charge in [0, 0.05) is 12.3 Å². The number of carbonyl (C=O) groups excluding carboxylic acids is 1. The molecule has 0 aromatic heterocycles. The van der Waals surface area contributed by atoms with Gasteiger partial charge >= 0.3 is 0 Å². The van der Waals surface area contributed by atoms with Crippen molar-refractivity contribution in [3.63, 3.8) is 0 Å². The summed E-state index contributed by atoms with van der Waals surface area (Å²) in [4.78, 5) is 11.7. The van der Waals surface area contributed by atoms with Gasteiger partial charge in [0.2, 0.25) is 0 Å². The van der Waals surface area contributed by atoms with Crippen molar-refractivity contribution in [3.8, 4) is 0 Å². The second-order valence-electron chi connectivity index (χ2n) is 5.57. The predicted molar refractivity (Wildman–Crippen MR) is 60.1 cm³/mol. The third-order valence-corrected chi connectivity index (χ3v) is 3.50. The summed E-state index contributed by atoms with van der Waals surface area (Å²) in [7, 11) is 0. The van der Waals surface area contributed by atoms with Crippen molar-refractivity contribution < 1.29 is 4.79 Å². The van der Waals surface area contributed by atoms with E-state index in [9.17, 15) is 4.79 Å². The number of ketones is 1. The highest BCUT2D eigenvalue weighted by molar-refractivity contribution is 5.81. The molecule has 0 heterocycles. The molecular formula is C13H24O. The van der Waals surface area contributed by atoms with Gasteiger partial charge in [-0.05, 0) is 37.0 Å². The zero-order valence-corrected chi connectivity index (χ0v) is 10.0. The smallest absolute Gasteiger partial charge is 0.136 e. The Morgan fingerprint density at radius 1 is 1.29 bits per heavy atom. The van der Waals surface area contributed by atoms with E-state index in [4.69, 9.17) is 0 Å². The van der Waals surface area contributed by atoms with Gasteiger partial charge in [0.25, 0.3) is 0 Å². The monoisotopic (exact) mass is 196 g/mol. The van der Waals surface area contributed by atoms with Gasteiger partial charge in [-0.3, -0.25) is 4.79 Å². The second-order valence-corrected chi connectivity index (χ2v) is 5.57. The van der Waals surface area contributed by atoms with Gasteiger partial charge in [0.1, 0.15) is 5.78 Å². The molecule has 1 rings (SSSR count). The number of carbonyl (C=O) groups is 1. The molecule has 1 saturated carbocycles. The maximum atomic E-state index is 11.7. The Morgan fingerprint density at radius 3 is 2.43 bits per heavy atom. The van der Waals surface area contributed by atoms with Crippen molar-refractivity contribution in [2.75, 3.05) is 0 Å². The lowest BCUT2D eigenvalue weighted by Crippen LogP contribution is -2.28. The molecule has 0 spiro atoms. The van der Waals surface area contributed by atoms with Crippen LogP contribution in [0.4, 0.5) is 0 Å². The molecule has 0 aromatic rings. The summed E-state index contributed by atoms with van der Waals surface area (Å²) in [6.07, 6.45) is 4.21. The summed E-state index contributed by atoms with van der Waals surface area (Å²) in [6.45, 7) is 9.00. The molecule has 1 nitrogen and oxygen atoms in total. The fourth-order valence-electron chi connectivity index (χ4n) is 2.55. The average molecular weight is 196 g/mol. The Labute approximate surface area is 88.3 Å². The van der Waals surface area contributed by atoms with Crippen molar-refractivity contribution in [1.82, 2.24) is 0 Å². The third kappa shape index (κ3) is 3.11. The van der Waals surface area contributed by atoms with Gasteiger partial charge in [0.15, 0.2) is 0 Å². The van der Waals surface area contributed by atoms with Crippen molar-refractivity contribution in [1.29, 1.82) is 0 Å². The van der Waals surface area contributed by atoms with Crippen LogP contribution in [0.1, 0.15) is 53.4 Å². The molecule has 1 heteroatoms. The number of rotatable bonds is 3. The molecule has 1 aliphatic rings. The molecule has 0 saturated heterocycles. The van der Waals surface area contributed by atoms with E-state index in [0.29, 0.717) is 17.6 Å². The summed E-state index contributed by atoms with van der Waals surface area (Å²) in [5.74, 6) is 3.09. The van der Waals surface area contributed by atoms with E-state index in [1.807, 2.05) is 0 Å². The molecule has 0 amide bonds. The van der Waals surface area contributed by atoms with Gasteiger partial charge in [-0.2, -0.15) is 0 Å². The molecule has 2 atom stereocenters. The molecule has 0 radical (unpaired) electrons.